The van der Waals surface area contributed by atoms with Crippen molar-refractivity contribution in [2.24, 2.45) is 0 Å². The lowest BCUT2D eigenvalue weighted by Gasteiger charge is -2.14. The van der Waals surface area contributed by atoms with E-state index in [9.17, 15) is 4.79 Å². The van der Waals surface area contributed by atoms with E-state index in [0.717, 1.165) is 10.5 Å². The van der Waals surface area contributed by atoms with Gasteiger partial charge in [0.05, 0.1) is 16.8 Å². The van der Waals surface area contributed by atoms with Gasteiger partial charge < -0.3 is 11.1 Å². The Morgan fingerprint density at radius 1 is 1.29 bits per heavy atom. The standard InChI is InChI=1S/C16H17ClN2OS/c1-11(12-5-3-2-4-6-12)19-16(20)10-21-15-9-13(18)7-8-14(15)17/h2-9,11H,10,18H2,1H3,(H,19,20). The van der Waals surface area contributed by atoms with Crippen LogP contribution in [0.5, 0.6) is 0 Å². The molecule has 0 spiro atoms. The fraction of sp³-hybridized carbons (Fsp3) is 0.188. The van der Waals surface area contributed by atoms with Crippen LogP contribution >= 0.6 is 23.4 Å². The largest absolute Gasteiger partial charge is 0.399 e. The molecular formula is C16H17ClN2OS. The van der Waals surface area contributed by atoms with Crippen molar-refractivity contribution in [1.82, 2.24) is 5.32 Å². The van der Waals surface area contributed by atoms with Crippen molar-refractivity contribution < 1.29 is 4.79 Å². The summed E-state index contributed by atoms with van der Waals surface area (Å²) >= 11 is 7.46. The van der Waals surface area contributed by atoms with Gasteiger partial charge in [-0.2, -0.15) is 0 Å². The molecule has 1 unspecified atom stereocenters. The third kappa shape index (κ3) is 4.69. The van der Waals surface area contributed by atoms with Gasteiger partial charge in [-0.3, -0.25) is 4.79 Å². The number of carbonyl (C=O) groups excluding carboxylic acids is 1. The zero-order valence-electron chi connectivity index (χ0n) is 11.7. The predicted molar refractivity (Wildman–Crippen MR) is 89.6 cm³/mol. The quantitative estimate of drug-likeness (QED) is 0.649. The molecule has 5 heteroatoms. The normalized spacial score (nSPS) is 11.9. The molecule has 0 radical (unpaired) electrons. The second-order valence-corrected chi connectivity index (χ2v) is 6.10. The average molecular weight is 321 g/mol. The van der Waals surface area contributed by atoms with E-state index in [-0.39, 0.29) is 11.9 Å². The van der Waals surface area contributed by atoms with E-state index in [2.05, 4.69) is 5.32 Å². The zero-order chi connectivity index (χ0) is 15.2. The SMILES string of the molecule is CC(NC(=O)CSc1cc(N)ccc1Cl)c1ccccc1. The third-order valence-electron chi connectivity index (χ3n) is 2.99. The number of nitrogens with two attached hydrogens (primary N) is 1. The molecule has 0 aliphatic heterocycles. The summed E-state index contributed by atoms with van der Waals surface area (Å²) in [5.41, 5.74) is 7.44. The van der Waals surface area contributed by atoms with Gasteiger partial charge in [-0.05, 0) is 30.7 Å². The van der Waals surface area contributed by atoms with Crippen LogP contribution in [-0.4, -0.2) is 11.7 Å². The molecule has 0 heterocycles. The first-order chi connectivity index (χ1) is 10.1. The molecule has 0 aliphatic rings. The number of nitrogens with one attached hydrogen (secondary N) is 1. The second-order valence-electron chi connectivity index (χ2n) is 4.68. The maximum atomic E-state index is 12.0. The summed E-state index contributed by atoms with van der Waals surface area (Å²) in [6, 6.07) is 15.1. The van der Waals surface area contributed by atoms with Crippen molar-refractivity contribution in [3.05, 3.63) is 59.1 Å². The van der Waals surface area contributed by atoms with Crippen molar-refractivity contribution in [2.45, 2.75) is 17.9 Å². The topological polar surface area (TPSA) is 55.1 Å². The minimum atomic E-state index is -0.0326. The highest BCUT2D eigenvalue weighted by molar-refractivity contribution is 8.00. The summed E-state index contributed by atoms with van der Waals surface area (Å²) in [5, 5.41) is 3.58. The number of carbonyl (C=O) groups is 1. The fourth-order valence-electron chi connectivity index (χ4n) is 1.88. The van der Waals surface area contributed by atoms with Crippen molar-refractivity contribution in [3.8, 4) is 0 Å². The smallest absolute Gasteiger partial charge is 0.230 e. The van der Waals surface area contributed by atoms with Gasteiger partial charge in [-0.15, -0.1) is 11.8 Å². The van der Waals surface area contributed by atoms with Crippen LogP contribution < -0.4 is 11.1 Å². The van der Waals surface area contributed by atoms with Gasteiger partial charge in [0.1, 0.15) is 0 Å². The molecule has 2 aromatic rings. The summed E-state index contributed by atoms with van der Waals surface area (Å²) in [5.74, 6) is 0.273. The van der Waals surface area contributed by atoms with E-state index in [1.807, 2.05) is 37.3 Å². The number of halogens is 1. The molecule has 1 atom stereocenters. The third-order valence-corrected chi connectivity index (χ3v) is 4.49. The van der Waals surface area contributed by atoms with Crippen LogP contribution in [0.2, 0.25) is 5.02 Å². The van der Waals surface area contributed by atoms with E-state index >= 15 is 0 Å². The molecule has 0 aliphatic carbocycles. The number of thioether (sulfide) groups is 1. The maximum Gasteiger partial charge on any atom is 0.230 e. The number of rotatable bonds is 5. The maximum absolute atomic E-state index is 12.0. The lowest BCUT2D eigenvalue weighted by Crippen LogP contribution is -2.28. The number of hydrogen-bond donors (Lipinski definition) is 2. The first-order valence-electron chi connectivity index (χ1n) is 6.58. The number of nitrogen functional groups attached to an aromatic ring is 1. The Morgan fingerprint density at radius 2 is 2.00 bits per heavy atom. The van der Waals surface area contributed by atoms with E-state index < -0.39 is 0 Å². The van der Waals surface area contributed by atoms with E-state index in [1.165, 1.54) is 11.8 Å². The van der Waals surface area contributed by atoms with Crippen LogP contribution in [0.25, 0.3) is 0 Å². The first kappa shape index (κ1) is 15.7. The Labute approximate surface area is 133 Å². The number of anilines is 1. The highest BCUT2D eigenvalue weighted by Crippen LogP contribution is 2.28. The highest BCUT2D eigenvalue weighted by atomic mass is 35.5. The highest BCUT2D eigenvalue weighted by Gasteiger charge is 2.10. The minimum absolute atomic E-state index is 0.0179. The van der Waals surface area contributed by atoms with Crippen LogP contribution in [0.15, 0.2) is 53.4 Å². The van der Waals surface area contributed by atoms with Gasteiger partial charge in [0.2, 0.25) is 5.91 Å². The lowest BCUT2D eigenvalue weighted by atomic mass is 10.1. The van der Waals surface area contributed by atoms with Gasteiger partial charge in [0.25, 0.3) is 0 Å². The lowest BCUT2D eigenvalue weighted by molar-refractivity contribution is -0.119. The van der Waals surface area contributed by atoms with Crippen LogP contribution in [0, 0.1) is 0 Å². The molecular weight excluding hydrogens is 304 g/mol. The van der Waals surface area contributed by atoms with Crippen LogP contribution in [0.3, 0.4) is 0 Å². The molecule has 21 heavy (non-hydrogen) atoms. The van der Waals surface area contributed by atoms with Crippen LogP contribution in [0.1, 0.15) is 18.5 Å². The molecule has 2 rings (SSSR count). The summed E-state index contributed by atoms with van der Waals surface area (Å²) in [6.45, 7) is 1.96. The van der Waals surface area contributed by atoms with Crippen molar-refractivity contribution in [3.63, 3.8) is 0 Å². The van der Waals surface area contributed by atoms with E-state index in [0.29, 0.717) is 16.5 Å². The second kappa shape index (κ2) is 7.38. The van der Waals surface area contributed by atoms with Crippen molar-refractivity contribution in [2.75, 3.05) is 11.5 Å². The summed E-state index contributed by atoms with van der Waals surface area (Å²) in [7, 11) is 0. The van der Waals surface area contributed by atoms with Gasteiger partial charge >= 0.3 is 0 Å². The molecule has 1 amide bonds. The Morgan fingerprint density at radius 3 is 2.71 bits per heavy atom. The summed E-state index contributed by atoms with van der Waals surface area (Å²) in [4.78, 5) is 12.8. The van der Waals surface area contributed by atoms with Crippen molar-refractivity contribution in [1.29, 1.82) is 0 Å². The van der Waals surface area contributed by atoms with Crippen LogP contribution in [0.4, 0.5) is 5.69 Å². The molecule has 110 valence electrons. The van der Waals surface area contributed by atoms with E-state index in [4.69, 9.17) is 17.3 Å². The van der Waals surface area contributed by atoms with Gasteiger partial charge in [0.15, 0.2) is 0 Å². The van der Waals surface area contributed by atoms with Crippen molar-refractivity contribution >= 4 is 35.0 Å². The van der Waals surface area contributed by atoms with Gasteiger partial charge in [-0.25, -0.2) is 0 Å². The number of benzene rings is 2. The molecule has 2 aromatic carbocycles. The molecule has 0 fully saturated rings. The van der Waals surface area contributed by atoms with Crippen LogP contribution in [-0.2, 0) is 4.79 Å². The Hall–Kier alpha value is -1.65. The molecule has 3 N–H and O–H groups in total. The molecule has 0 aromatic heterocycles. The van der Waals surface area contributed by atoms with Gasteiger partial charge in [-0.1, -0.05) is 41.9 Å². The Bertz CT molecular complexity index is 619. The summed E-state index contributed by atoms with van der Waals surface area (Å²) in [6.07, 6.45) is 0. The monoisotopic (exact) mass is 320 g/mol. The minimum Gasteiger partial charge on any atom is -0.399 e. The number of hydrogen-bond acceptors (Lipinski definition) is 3. The van der Waals surface area contributed by atoms with E-state index in [1.54, 1.807) is 18.2 Å². The predicted octanol–water partition coefficient (Wildman–Crippen LogP) is 3.89. The fourth-order valence-corrected chi connectivity index (χ4v) is 2.96. The molecule has 0 bridgehead atoms. The molecule has 0 saturated carbocycles. The Kier molecular flexibility index (Phi) is 5.53. The average Bonchev–Trinajstić information content (AvgIpc) is 2.49. The number of amides is 1. The van der Waals surface area contributed by atoms with Gasteiger partial charge in [0, 0.05) is 10.6 Å². The Balaban J connectivity index is 1.89. The first-order valence-corrected chi connectivity index (χ1v) is 7.95. The molecule has 0 saturated heterocycles. The summed E-state index contributed by atoms with van der Waals surface area (Å²) < 4.78 is 0. The zero-order valence-corrected chi connectivity index (χ0v) is 13.2. The molecule has 3 nitrogen and oxygen atoms in total.